The van der Waals surface area contributed by atoms with E-state index in [0.29, 0.717) is 6.04 Å². The van der Waals surface area contributed by atoms with Gasteiger partial charge in [-0.3, -0.25) is 0 Å². The van der Waals surface area contributed by atoms with Gasteiger partial charge in [0.1, 0.15) is 5.01 Å². The van der Waals surface area contributed by atoms with Crippen LogP contribution in [0, 0.1) is 6.92 Å². The summed E-state index contributed by atoms with van der Waals surface area (Å²) in [6, 6.07) is 8.98. The Hall–Kier alpha value is -1.23. The van der Waals surface area contributed by atoms with Gasteiger partial charge in [0.2, 0.25) is 0 Å². The second kappa shape index (κ2) is 5.41. The first-order valence-corrected chi connectivity index (χ1v) is 8.05. The van der Waals surface area contributed by atoms with Gasteiger partial charge in [-0.15, -0.1) is 22.7 Å². The summed E-state index contributed by atoms with van der Waals surface area (Å²) in [7, 11) is 0. The molecule has 4 heteroatoms. The van der Waals surface area contributed by atoms with Gasteiger partial charge in [0.05, 0.1) is 0 Å². The average Bonchev–Trinajstić information content (AvgIpc) is 3.05. The third-order valence-corrected chi connectivity index (χ3v) is 5.55. The topological polar surface area (TPSA) is 24.9 Å². The van der Waals surface area contributed by atoms with E-state index in [4.69, 9.17) is 0 Å². The minimum Gasteiger partial charge on any atom is -0.303 e. The number of nitrogens with zero attached hydrogens (tertiary/aromatic N) is 1. The molecule has 3 rings (SSSR count). The highest BCUT2D eigenvalue weighted by Gasteiger charge is 2.14. The fourth-order valence-corrected chi connectivity index (χ4v) is 4.08. The molecule has 0 radical (unpaired) electrons. The molecule has 2 aromatic heterocycles. The third-order valence-electron chi connectivity index (χ3n) is 3.32. The maximum atomic E-state index is 4.31. The van der Waals surface area contributed by atoms with E-state index in [1.165, 1.54) is 20.5 Å². The Morgan fingerprint density at radius 2 is 2.16 bits per heavy atom. The van der Waals surface area contributed by atoms with Gasteiger partial charge < -0.3 is 5.32 Å². The van der Waals surface area contributed by atoms with E-state index in [9.17, 15) is 0 Å². The molecule has 1 N–H and O–H groups in total. The Morgan fingerprint density at radius 1 is 1.32 bits per heavy atom. The van der Waals surface area contributed by atoms with Gasteiger partial charge in [0.15, 0.2) is 0 Å². The molecule has 3 aromatic rings. The fraction of sp³-hybridized carbons (Fsp3) is 0.267. The van der Waals surface area contributed by atoms with E-state index < -0.39 is 0 Å². The Kier molecular flexibility index (Phi) is 3.64. The number of benzene rings is 1. The van der Waals surface area contributed by atoms with Crippen LogP contribution in [0.3, 0.4) is 0 Å². The van der Waals surface area contributed by atoms with Crippen LogP contribution in [0.4, 0.5) is 0 Å². The van der Waals surface area contributed by atoms with E-state index in [1.807, 2.05) is 22.9 Å². The zero-order chi connectivity index (χ0) is 13.2. The minimum atomic E-state index is 0.362. The van der Waals surface area contributed by atoms with Crippen LogP contribution >= 0.6 is 22.7 Å². The maximum Gasteiger partial charge on any atom is 0.106 e. The predicted octanol–water partition coefficient (Wildman–Crippen LogP) is 4.52. The Balaban J connectivity index is 1.81. The van der Waals surface area contributed by atoms with Gasteiger partial charge in [0, 0.05) is 33.7 Å². The van der Waals surface area contributed by atoms with Crippen LogP contribution < -0.4 is 5.32 Å². The van der Waals surface area contributed by atoms with Crippen molar-refractivity contribution in [2.24, 2.45) is 0 Å². The molecule has 0 spiro atoms. The quantitative estimate of drug-likeness (QED) is 0.763. The zero-order valence-electron chi connectivity index (χ0n) is 11.0. The van der Waals surface area contributed by atoms with Crippen LogP contribution in [0.25, 0.3) is 10.1 Å². The monoisotopic (exact) mass is 288 g/mol. The lowest BCUT2D eigenvalue weighted by Crippen LogP contribution is -2.17. The molecule has 0 bridgehead atoms. The highest BCUT2D eigenvalue weighted by molar-refractivity contribution is 7.19. The van der Waals surface area contributed by atoms with Gasteiger partial charge >= 0.3 is 0 Å². The van der Waals surface area contributed by atoms with Crippen molar-refractivity contribution in [2.75, 3.05) is 0 Å². The van der Waals surface area contributed by atoms with Gasteiger partial charge in [0.25, 0.3) is 0 Å². The number of thiophene rings is 1. The first-order chi connectivity index (χ1) is 9.25. The molecule has 2 nitrogen and oxygen atoms in total. The van der Waals surface area contributed by atoms with Gasteiger partial charge in [-0.25, -0.2) is 4.98 Å². The lowest BCUT2D eigenvalue weighted by Gasteiger charge is -2.12. The van der Waals surface area contributed by atoms with Gasteiger partial charge in [-0.05, 0) is 30.9 Å². The predicted molar refractivity (Wildman–Crippen MR) is 83.9 cm³/mol. The Labute approximate surface area is 121 Å². The van der Waals surface area contributed by atoms with Crippen molar-refractivity contribution in [3.05, 3.63) is 51.3 Å². The number of aromatic nitrogens is 1. The standard InChI is InChI=1S/C15H16N2S2/c1-10-12-5-3-4-6-13(12)19-15(10)11(2)17-9-14-16-7-8-18-14/h3-8,11,17H,9H2,1-2H3. The Bertz CT molecular complexity index is 671. The van der Waals surface area contributed by atoms with Crippen molar-refractivity contribution in [3.8, 4) is 0 Å². The molecule has 98 valence electrons. The molecule has 19 heavy (non-hydrogen) atoms. The molecule has 0 saturated heterocycles. The highest BCUT2D eigenvalue weighted by atomic mass is 32.1. The van der Waals surface area contributed by atoms with Crippen molar-refractivity contribution in [2.45, 2.75) is 26.4 Å². The van der Waals surface area contributed by atoms with Crippen molar-refractivity contribution in [1.82, 2.24) is 10.3 Å². The second-order valence-corrected chi connectivity index (χ2v) is 6.68. The van der Waals surface area contributed by atoms with E-state index in [2.05, 4.69) is 48.4 Å². The maximum absolute atomic E-state index is 4.31. The number of hydrogen-bond acceptors (Lipinski definition) is 4. The van der Waals surface area contributed by atoms with Crippen LogP contribution in [0.5, 0.6) is 0 Å². The lowest BCUT2D eigenvalue weighted by atomic mass is 10.1. The molecule has 1 unspecified atom stereocenters. The van der Waals surface area contributed by atoms with Crippen molar-refractivity contribution >= 4 is 32.8 Å². The molecule has 0 saturated carbocycles. The Morgan fingerprint density at radius 3 is 2.89 bits per heavy atom. The number of fused-ring (bicyclic) bond motifs is 1. The molecule has 0 fully saturated rings. The number of aryl methyl sites for hydroxylation is 1. The first kappa shape index (κ1) is 12.8. The number of thiazole rings is 1. The van der Waals surface area contributed by atoms with Crippen molar-refractivity contribution < 1.29 is 0 Å². The highest BCUT2D eigenvalue weighted by Crippen LogP contribution is 2.34. The number of hydrogen-bond donors (Lipinski definition) is 1. The van der Waals surface area contributed by atoms with E-state index in [-0.39, 0.29) is 0 Å². The molecule has 1 aromatic carbocycles. The summed E-state index contributed by atoms with van der Waals surface area (Å²) >= 11 is 3.59. The molecule has 0 aliphatic heterocycles. The average molecular weight is 288 g/mol. The van der Waals surface area contributed by atoms with Crippen LogP contribution in [0.1, 0.15) is 28.4 Å². The largest absolute Gasteiger partial charge is 0.303 e. The van der Waals surface area contributed by atoms with Crippen LogP contribution in [-0.2, 0) is 6.54 Å². The SMILES string of the molecule is Cc1c(C(C)NCc2nccs2)sc2ccccc12. The smallest absolute Gasteiger partial charge is 0.106 e. The summed E-state index contributed by atoms with van der Waals surface area (Å²) in [5.41, 5.74) is 1.40. The summed E-state index contributed by atoms with van der Waals surface area (Å²) < 4.78 is 1.37. The van der Waals surface area contributed by atoms with E-state index in [1.54, 1.807) is 11.3 Å². The van der Waals surface area contributed by atoms with E-state index in [0.717, 1.165) is 11.6 Å². The summed E-state index contributed by atoms with van der Waals surface area (Å²) in [6.45, 7) is 5.29. The summed E-state index contributed by atoms with van der Waals surface area (Å²) in [4.78, 5) is 5.73. The van der Waals surface area contributed by atoms with Crippen LogP contribution in [0.2, 0.25) is 0 Å². The number of rotatable bonds is 4. The molecule has 1 atom stereocenters. The lowest BCUT2D eigenvalue weighted by molar-refractivity contribution is 0.579. The number of nitrogens with one attached hydrogen (secondary N) is 1. The molecular weight excluding hydrogens is 272 g/mol. The van der Waals surface area contributed by atoms with Gasteiger partial charge in [-0.2, -0.15) is 0 Å². The summed E-state index contributed by atoms with van der Waals surface area (Å²) in [5, 5.41) is 8.11. The molecule has 2 heterocycles. The zero-order valence-corrected chi connectivity index (χ0v) is 12.6. The molecule has 0 aliphatic carbocycles. The molecular formula is C15H16N2S2. The minimum absolute atomic E-state index is 0.362. The van der Waals surface area contributed by atoms with Crippen LogP contribution in [0.15, 0.2) is 35.8 Å². The van der Waals surface area contributed by atoms with E-state index >= 15 is 0 Å². The third kappa shape index (κ3) is 2.56. The summed E-state index contributed by atoms with van der Waals surface area (Å²) in [6.07, 6.45) is 1.86. The normalized spacial score (nSPS) is 12.9. The second-order valence-electron chi connectivity index (χ2n) is 4.62. The van der Waals surface area contributed by atoms with Crippen LogP contribution in [-0.4, -0.2) is 4.98 Å². The van der Waals surface area contributed by atoms with Gasteiger partial charge in [-0.1, -0.05) is 18.2 Å². The fourth-order valence-electron chi connectivity index (χ4n) is 2.28. The molecule has 0 amide bonds. The molecule has 0 aliphatic rings. The van der Waals surface area contributed by atoms with Crippen molar-refractivity contribution in [3.63, 3.8) is 0 Å². The summed E-state index contributed by atoms with van der Waals surface area (Å²) in [5.74, 6) is 0. The van der Waals surface area contributed by atoms with Crippen molar-refractivity contribution in [1.29, 1.82) is 0 Å². The first-order valence-electron chi connectivity index (χ1n) is 6.35.